The van der Waals surface area contributed by atoms with Crippen LogP contribution in [-0.2, 0) is 0 Å². The van der Waals surface area contributed by atoms with Gasteiger partial charge in [-0.3, -0.25) is 4.98 Å². The molecule has 2 N–H and O–H groups in total. The smallest absolute Gasteiger partial charge is 0.122 e. The van der Waals surface area contributed by atoms with Crippen molar-refractivity contribution in [2.75, 3.05) is 29.5 Å². The van der Waals surface area contributed by atoms with Crippen LogP contribution >= 0.6 is 24.0 Å². The van der Waals surface area contributed by atoms with Gasteiger partial charge in [0.2, 0.25) is 0 Å². The highest BCUT2D eigenvalue weighted by Gasteiger charge is 2.11. The van der Waals surface area contributed by atoms with Gasteiger partial charge in [0.05, 0.1) is 5.69 Å². The third-order valence-electron chi connectivity index (χ3n) is 2.58. The van der Waals surface area contributed by atoms with Gasteiger partial charge in [0.15, 0.2) is 0 Å². The number of thioether (sulfide) groups is 1. The van der Waals surface area contributed by atoms with Crippen LogP contribution in [0.25, 0.3) is 0 Å². The van der Waals surface area contributed by atoms with E-state index in [4.69, 9.17) is 18.0 Å². The molecule has 1 aliphatic heterocycles. The Labute approximate surface area is 105 Å². The highest BCUT2D eigenvalue weighted by atomic mass is 32.2. The Morgan fingerprint density at radius 2 is 2.31 bits per heavy atom. The zero-order valence-corrected chi connectivity index (χ0v) is 10.7. The van der Waals surface area contributed by atoms with Gasteiger partial charge in [-0.1, -0.05) is 12.2 Å². The second kappa shape index (κ2) is 5.50. The Morgan fingerprint density at radius 3 is 3.12 bits per heavy atom. The fourth-order valence-corrected chi connectivity index (χ4v) is 2.75. The van der Waals surface area contributed by atoms with Crippen LogP contribution in [0.3, 0.4) is 0 Å². The van der Waals surface area contributed by atoms with Crippen LogP contribution in [0.4, 0.5) is 5.69 Å². The van der Waals surface area contributed by atoms with Crippen LogP contribution in [0, 0.1) is 0 Å². The molecular formula is C11H15N3S2. The third kappa shape index (κ3) is 2.86. The Hall–Kier alpha value is -0.810. The molecule has 0 spiro atoms. The van der Waals surface area contributed by atoms with Gasteiger partial charge in [-0.15, -0.1) is 0 Å². The first-order valence-electron chi connectivity index (χ1n) is 5.36. The quantitative estimate of drug-likeness (QED) is 0.812. The number of hydrogen-bond acceptors (Lipinski definition) is 4. The zero-order valence-electron chi connectivity index (χ0n) is 9.06. The lowest BCUT2D eigenvalue weighted by atomic mass is 10.2. The van der Waals surface area contributed by atoms with E-state index in [0.717, 1.165) is 13.1 Å². The number of rotatable bonds is 2. The molecule has 86 valence electrons. The molecule has 0 unspecified atom stereocenters. The fourth-order valence-electron chi connectivity index (χ4n) is 1.76. The van der Waals surface area contributed by atoms with Crippen LogP contribution in [0.2, 0.25) is 0 Å². The molecule has 2 heterocycles. The lowest BCUT2D eigenvalue weighted by molar-refractivity contribution is 0.815. The van der Waals surface area contributed by atoms with Crippen LogP contribution in [0.5, 0.6) is 0 Å². The molecule has 0 amide bonds. The molecule has 5 heteroatoms. The first-order chi connectivity index (χ1) is 7.77. The van der Waals surface area contributed by atoms with Crippen molar-refractivity contribution in [1.82, 2.24) is 4.98 Å². The van der Waals surface area contributed by atoms with Gasteiger partial charge in [-0.05, 0) is 24.3 Å². The standard InChI is InChI=1S/C11H15N3S2/c12-11(15)10-8-9(2-3-13-10)14-4-1-6-16-7-5-14/h2-3,8H,1,4-7H2,(H2,12,15). The van der Waals surface area contributed by atoms with Crippen LogP contribution in [-0.4, -0.2) is 34.6 Å². The van der Waals surface area contributed by atoms with Crippen molar-refractivity contribution >= 4 is 34.7 Å². The van der Waals surface area contributed by atoms with Gasteiger partial charge in [0.25, 0.3) is 0 Å². The van der Waals surface area contributed by atoms with Crippen LogP contribution in [0.1, 0.15) is 12.1 Å². The van der Waals surface area contributed by atoms with E-state index in [0.29, 0.717) is 10.7 Å². The minimum Gasteiger partial charge on any atom is -0.388 e. The minimum absolute atomic E-state index is 0.367. The molecule has 1 fully saturated rings. The van der Waals surface area contributed by atoms with E-state index >= 15 is 0 Å². The summed E-state index contributed by atoms with van der Waals surface area (Å²) in [6.07, 6.45) is 3.01. The number of aromatic nitrogens is 1. The molecule has 2 rings (SSSR count). The van der Waals surface area contributed by atoms with E-state index in [9.17, 15) is 0 Å². The van der Waals surface area contributed by atoms with Gasteiger partial charge in [0, 0.05) is 30.7 Å². The average Bonchev–Trinajstić information content (AvgIpc) is 2.57. The van der Waals surface area contributed by atoms with Crippen molar-refractivity contribution < 1.29 is 0 Å². The second-order valence-corrected chi connectivity index (χ2v) is 5.38. The van der Waals surface area contributed by atoms with Gasteiger partial charge in [0.1, 0.15) is 4.99 Å². The molecule has 3 nitrogen and oxygen atoms in total. The Bertz CT molecular complexity index is 373. The van der Waals surface area contributed by atoms with Gasteiger partial charge in [-0.2, -0.15) is 11.8 Å². The second-order valence-electron chi connectivity index (χ2n) is 3.72. The Morgan fingerprint density at radius 1 is 1.44 bits per heavy atom. The van der Waals surface area contributed by atoms with E-state index in [-0.39, 0.29) is 0 Å². The SMILES string of the molecule is NC(=S)c1cc(N2CCCSCC2)ccn1. The molecule has 16 heavy (non-hydrogen) atoms. The normalized spacial score (nSPS) is 16.9. The lowest BCUT2D eigenvalue weighted by Crippen LogP contribution is -2.26. The molecule has 0 bridgehead atoms. The number of pyridine rings is 1. The summed E-state index contributed by atoms with van der Waals surface area (Å²) in [6, 6.07) is 4.01. The summed E-state index contributed by atoms with van der Waals surface area (Å²) < 4.78 is 0. The molecular weight excluding hydrogens is 238 g/mol. The molecule has 1 aliphatic rings. The van der Waals surface area contributed by atoms with Crippen molar-refractivity contribution in [1.29, 1.82) is 0 Å². The van der Waals surface area contributed by atoms with Gasteiger partial charge >= 0.3 is 0 Å². The van der Waals surface area contributed by atoms with Gasteiger partial charge in [-0.25, -0.2) is 0 Å². The van der Waals surface area contributed by atoms with E-state index in [1.165, 1.54) is 23.6 Å². The molecule has 0 saturated carbocycles. The maximum absolute atomic E-state index is 5.59. The Kier molecular flexibility index (Phi) is 4.01. The summed E-state index contributed by atoms with van der Waals surface area (Å²) in [5.74, 6) is 2.44. The predicted octanol–water partition coefficient (Wildman–Crippen LogP) is 1.66. The monoisotopic (exact) mass is 253 g/mol. The predicted molar refractivity (Wildman–Crippen MR) is 74.3 cm³/mol. The van der Waals surface area contributed by atoms with Crippen molar-refractivity contribution in [2.45, 2.75) is 6.42 Å². The molecule has 1 aromatic rings. The Balaban J connectivity index is 2.18. The van der Waals surface area contributed by atoms with Crippen molar-refractivity contribution in [3.05, 3.63) is 24.0 Å². The first kappa shape index (κ1) is 11.7. The minimum atomic E-state index is 0.367. The summed E-state index contributed by atoms with van der Waals surface area (Å²) in [7, 11) is 0. The van der Waals surface area contributed by atoms with E-state index in [2.05, 4.69) is 9.88 Å². The maximum Gasteiger partial charge on any atom is 0.122 e. The zero-order chi connectivity index (χ0) is 11.4. The molecule has 0 aromatic carbocycles. The number of anilines is 1. The maximum atomic E-state index is 5.59. The average molecular weight is 253 g/mol. The number of nitrogens with zero attached hydrogens (tertiary/aromatic N) is 2. The van der Waals surface area contributed by atoms with E-state index in [1.807, 2.05) is 23.9 Å². The van der Waals surface area contributed by atoms with E-state index < -0.39 is 0 Å². The molecule has 0 radical (unpaired) electrons. The third-order valence-corrected chi connectivity index (χ3v) is 3.84. The fraction of sp³-hybridized carbons (Fsp3) is 0.455. The summed E-state index contributed by atoms with van der Waals surface area (Å²) in [5.41, 5.74) is 7.48. The summed E-state index contributed by atoms with van der Waals surface area (Å²) >= 11 is 6.96. The lowest BCUT2D eigenvalue weighted by Gasteiger charge is -2.22. The molecule has 1 aromatic heterocycles. The number of hydrogen-bond donors (Lipinski definition) is 1. The molecule has 1 saturated heterocycles. The molecule has 0 atom stereocenters. The topological polar surface area (TPSA) is 42.1 Å². The number of nitrogens with two attached hydrogens (primary N) is 1. The summed E-state index contributed by atoms with van der Waals surface area (Å²) in [4.78, 5) is 6.90. The largest absolute Gasteiger partial charge is 0.388 e. The van der Waals surface area contributed by atoms with Crippen molar-refractivity contribution in [2.24, 2.45) is 5.73 Å². The highest BCUT2D eigenvalue weighted by Crippen LogP contribution is 2.19. The van der Waals surface area contributed by atoms with Gasteiger partial charge < -0.3 is 10.6 Å². The van der Waals surface area contributed by atoms with E-state index in [1.54, 1.807) is 6.20 Å². The van der Waals surface area contributed by atoms with Crippen LogP contribution in [0.15, 0.2) is 18.3 Å². The van der Waals surface area contributed by atoms with Crippen molar-refractivity contribution in [3.63, 3.8) is 0 Å². The first-order valence-corrected chi connectivity index (χ1v) is 6.92. The number of thiocarbonyl (C=S) groups is 1. The highest BCUT2D eigenvalue weighted by molar-refractivity contribution is 7.99. The summed E-state index contributed by atoms with van der Waals surface area (Å²) in [5, 5.41) is 0. The van der Waals surface area contributed by atoms with Crippen molar-refractivity contribution in [3.8, 4) is 0 Å². The van der Waals surface area contributed by atoms with Crippen LogP contribution < -0.4 is 10.6 Å². The summed E-state index contributed by atoms with van der Waals surface area (Å²) in [6.45, 7) is 2.19. The molecule has 0 aliphatic carbocycles.